The van der Waals surface area contributed by atoms with E-state index in [-0.39, 0.29) is 5.91 Å². The third kappa shape index (κ3) is 4.72. The molecule has 0 fully saturated rings. The molecule has 0 radical (unpaired) electrons. The van der Waals surface area contributed by atoms with Crippen molar-refractivity contribution in [3.05, 3.63) is 23.9 Å². The van der Waals surface area contributed by atoms with Gasteiger partial charge in [0.05, 0.1) is 0 Å². The van der Waals surface area contributed by atoms with Crippen molar-refractivity contribution in [2.45, 2.75) is 33.6 Å². The lowest BCUT2D eigenvalue weighted by Crippen LogP contribution is -2.20. The molecule has 0 saturated carbocycles. The molecule has 0 atom stereocenters. The predicted octanol–water partition coefficient (Wildman–Crippen LogP) is 2.38. The van der Waals surface area contributed by atoms with Gasteiger partial charge in [0.1, 0.15) is 0 Å². The van der Waals surface area contributed by atoms with Crippen LogP contribution in [0.4, 0.5) is 0 Å². The van der Waals surface area contributed by atoms with Gasteiger partial charge >= 0.3 is 0 Å². The molecule has 0 spiro atoms. The van der Waals surface area contributed by atoms with Gasteiger partial charge in [0.25, 0.3) is 0 Å². The molecule has 68 valence electrons. The van der Waals surface area contributed by atoms with Crippen LogP contribution in [0.2, 0.25) is 0 Å². The number of hydrogen-bond donors (Lipinski definition) is 1. The summed E-state index contributed by atoms with van der Waals surface area (Å²) in [6.07, 6.45) is 7.15. The van der Waals surface area contributed by atoms with Gasteiger partial charge in [0, 0.05) is 12.1 Å². The van der Waals surface area contributed by atoms with Gasteiger partial charge in [-0.3, -0.25) is 4.79 Å². The van der Waals surface area contributed by atoms with Crippen LogP contribution in [0.5, 0.6) is 0 Å². The van der Waals surface area contributed by atoms with Crippen LogP contribution in [0.3, 0.4) is 0 Å². The van der Waals surface area contributed by atoms with Gasteiger partial charge in [0.15, 0.2) is 0 Å². The lowest BCUT2D eigenvalue weighted by molar-refractivity contribution is -0.120. The van der Waals surface area contributed by atoms with E-state index in [2.05, 4.69) is 5.32 Å². The molecule has 0 heterocycles. The summed E-state index contributed by atoms with van der Waals surface area (Å²) in [6, 6.07) is 0. The van der Waals surface area contributed by atoms with Crippen molar-refractivity contribution in [1.82, 2.24) is 5.32 Å². The van der Waals surface area contributed by atoms with Crippen molar-refractivity contribution in [2.75, 3.05) is 0 Å². The van der Waals surface area contributed by atoms with E-state index >= 15 is 0 Å². The second-order valence-electron chi connectivity index (χ2n) is 2.54. The number of rotatable bonds is 4. The highest BCUT2D eigenvalue weighted by atomic mass is 16.1. The second-order valence-corrected chi connectivity index (χ2v) is 2.54. The lowest BCUT2D eigenvalue weighted by Gasteiger charge is -2.03. The Hall–Kier alpha value is -1.05. The Bertz CT molecular complexity index is 192. The van der Waals surface area contributed by atoms with Crippen LogP contribution < -0.4 is 5.32 Å². The maximum Gasteiger partial charge on any atom is 0.224 e. The van der Waals surface area contributed by atoms with E-state index in [0.717, 1.165) is 12.1 Å². The molecule has 2 heteroatoms. The van der Waals surface area contributed by atoms with Crippen LogP contribution >= 0.6 is 0 Å². The number of carbonyl (C=O) groups excluding carboxylic acids is 1. The zero-order chi connectivity index (χ0) is 9.40. The quantitative estimate of drug-likeness (QED) is 0.640. The number of nitrogens with one attached hydrogen (secondary N) is 1. The van der Waals surface area contributed by atoms with Crippen LogP contribution in [0.15, 0.2) is 23.9 Å². The molecule has 0 aromatic rings. The average Bonchev–Trinajstić information content (AvgIpc) is 2.04. The monoisotopic (exact) mass is 167 g/mol. The van der Waals surface area contributed by atoms with E-state index in [4.69, 9.17) is 0 Å². The van der Waals surface area contributed by atoms with E-state index in [1.807, 2.05) is 39.0 Å². The highest BCUT2D eigenvalue weighted by Crippen LogP contribution is 1.94. The van der Waals surface area contributed by atoms with Crippen molar-refractivity contribution in [3.8, 4) is 0 Å². The van der Waals surface area contributed by atoms with Crippen LogP contribution in [0.25, 0.3) is 0 Å². The third-order valence-electron chi connectivity index (χ3n) is 1.42. The Morgan fingerprint density at radius 3 is 2.50 bits per heavy atom. The van der Waals surface area contributed by atoms with Gasteiger partial charge in [-0.1, -0.05) is 19.1 Å². The summed E-state index contributed by atoms with van der Waals surface area (Å²) in [7, 11) is 0. The van der Waals surface area contributed by atoms with Crippen molar-refractivity contribution < 1.29 is 4.79 Å². The SMILES string of the molecule is C/C=C\C(=C/C)NC(=O)CCC. The minimum absolute atomic E-state index is 0.0868. The van der Waals surface area contributed by atoms with Crippen molar-refractivity contribution in [1.29, 1.82) is 0 Å². The number of hydrogen-bond acceptors (Lipinski definition) is 1. The summed E-state index contributed by atoms with van der Waals surface area (Å²) in [5.41, 5.74) is 0.871. The second kappa shape index (κ2) is 6.65. The van der Waals surface area contributed by atoms with E-state index in [1.54, 1.807) is 0 Å². The van der Waals surface area contributed by atoms with Gasteiger partial charge < -0.3 is 5.32 Å². The predicted molar refractivity (Wildman–Crippen MR) is 51.6 cm³/mol. The third-order valence-corrected chi connectivity index (χ3v) is 1.42. The normalized spacial score (nSPS) is 12.1. The molecule has 1 amide bonds. The Morgan fingerprint density at radius 2 is 2.08 bits per heavy atom. The molecule has 12 heavy (non-hydrogen) atoms. The summed E-state index contributed by atoms with van der Waals surface area (Å²) in [4.78, 5) is 11.1. The van der Waals surface area contributed by atoms with Crippen LogP contribution in [-0.2, 0) is 4.79 Å². The van der Waals surface area contributed by atoms with Gasteiger partial charge in [-0.05, 0) is 26.3 Å². The molecule has 0 aromatic carbocycles. The molecule has 0 saturated heterocycles. The fourth-order valence-corrected chi connectivity index (χ4v) is 0.840. The molecule has 0 unspecified atom stereocenters. The fraction of sp³-hybridized carbons (Fsp3) is 0.500. The maximum absolute atomic E-state index is 11.1. The van der Waals surface area contributed by atoms with Gasteiger partial charge in [-0.15, -0.1) is 0 Å². The van der Waals surface area contributed by atoms with E-state index in [9.17, 15) is 4.79 Å². The van der Waals surface area contributed by atoms with E-state index < -0.39 is 0 Å². The summed E-state index contributed by atoms with van der Waals surface area (Å²) in [5, 5.41) is 2.80. The summed E-state index contributed by atoms with van der Waals surface area (Å²) < 4.78 is 0. The van der Waals surface area contributed by atoms with Crippen molar-refractivity contribution in [3.63, 3.8) is 0 Å². The molecular formula is C10H17NO. The van der Waals surface area contributed by atoms with Gasteiger partial charge in [-0.2, -0.15) is 0 Å². The maximum atomic E-state index is 11.1. The summed E-state index contributed by atoms with van der Waals surface area (Å²) in [5.74, 6) is 0.0868. The lowest BCUT2D eigenvalue weighted by atomic mass is 10.3. The smallest absolute Gasteiger partial charge is 0.224 e. The molecular weight excluding hydrogens is 150 g/mol. The summed E-state index contributed by atoms with van der Waals surface area (Å²) >= 11 is 0. The first-order valence-electron chi connectivity index (χ1n) is 4.33. The van der Waals surface area contributed by atoms with Crippen LogP contribution in [0.1, 0.15) is 33.6 Å². The molecule has 0 aliphatic carbocycles. The first-order valence-corrected chi connectivity index (χ1v) is 4.33. The van der Waals surface area contributed by atoms with Gasteiger partial charge in [0.2, 0.25) is 5.91 Å². The highest BCUT2D eigenvalue weighted by Gasteiger charge is 1.98. The Kier molecular flexibility index (Phi) is 6.07. The molecule has 0 aliphatic rings. The molecule has 0 aromatic heterocycles. The van der Waals surface area contributed by atoms with Crippen LogP contribution in [0, 0.1) is 0 Å². The summed E-state index contributed by atoms with van der Waals surface area (Å²) in [6.45, 7) is 5.82. The minimum Gasteiger partial charge on any atom is -0.326 e. The molecule has 0 rings (SSSR count). The Balaban J connectivity index is 3.95. The van der Waals surface area contributed by atoms with Crippen molar-refractivity contribution in [2.24, 2.45) is 0 Å². The molecule has 1 N–H and O–H groups in total. The van der Waals surface area contributed by atoms with E-state index in [1.165, 1.54) is 0 Å². The number of carbonyl (C=O) groups is 1. The topological polar surface area (TPSA) is 29.1 Å². The molecule has 0 bridgehead atoms. The number of allylic oxidation sites excluding steroid dienone is 3. The largest absolute Gasteiger partial charge is 0.326 e. The van der Waals surface area contributed by atoms with Gasteiger partial charge in [-0.25, -0.2) is 0 Å². The first kappa shape index (κ1) is 11.0. The standard InChI is InChI=1S/C10H17NO/c1-4-7-9(6-3)11-10(12)8-5-2/h4,6-7H,5,8H2,1-3H3,(H,11,12)/b7-4-,9-6+. The van der Waals surface area contributed by atoms with E-state index in [0.29, 0.717) is 6.42 Å². The minimum atomic E-state index is 0.0868. The zero-order valence-corrected chi connectivity index (χ0v) is 8.05. The first-order chi connectivity index (χ1) is 5.74. The fourth-order valence-electron chi connectivity index (χ4n) is 0.840. The average molecular weight is 167 g/mol. The van der Waals surface area contributed by atoms with Crippen LogP contribution in [-0.4, -0.2) is 5.91 Å². The molecule has 2 nitrogen and oxygen atoms in total. The zero-order valence-electron chi connectivity index (χ0n) is 8.05. The Labute approximate surface area is 74.4 Å². The number of amides is 1. The Morgan fingerprint density at radius 1 is 1.42 bits per heavy atom. The molecule has 0 aliphatic heterocycles. The van der Waals surface area contributed by atoms with Crippen molar-refractivity contribution >= 4 is 5.91 Å². The highest BCUT2D eigenvalue weighted by molar-refractivity contribution is 5.78.